The molecule has 0 radical (unpaired) electrons. The highest BCUT2D eigenvalue weighted by molar-refractivity contribution is 5.89. The quantitative estimate of drug-likeness (QED) is 0.592. The maximum absolute atomic E-state index is 12.1. The number of anilines is 1. The third kappa shape index (κ3) is 5.81. The molecule has 1 aromatic rings. The number of guanidine groups is 1. The number of hydrogen-bond acceptors (Lipinski definition) is 2. The van der Waals surface area contributed by atoms with Gasteiger partial charge >= 0.3 is 6.03 Å². The Balaban J connectivity index is 1.94. The second-order valence-electron chi connectivity index (χ2n) is 6.90. The van der Waals surface area contributed by atoms with Gasteiger partial charge in [-0.15, -0.1) is 0 Å². The van der Waals surface area contributed by atoms with Crippen LogP contribution in [0.3, 0.4) is 0 Å². The molecule has 1 heterocycles. The molecule has 1 saturated heterocycles. The van der Waals surface area contributed by atoms with Gasteiger partial charge in [-0.25, -0.2) is 9.79 Å². The molecular weight excluding hydrogens is 290 g/mol. The Morgan fingerprint density at radius 3 is 2.65 bits per heavy atom. The van der Waals surface area contributed by atoms with Gasteiger partial charge in [-0.2, -0.15) is 0 Å². The number of nitrogens with two attached hydrogens (primary N) is 1. The minimum atomic E-state index is -0.112. The van der Waals surface area contributed by atoms with Crippen LogP contribution in [0, 0.1) is 0 Å². The Kier molecular flexibility index (Phi) is 5.47. The smallest absolute Gasteiger partial charge is 0.321 e. The fraction of sp³-hybridized carbons (Fsp3) is 0.529. The highest BCUT2D eigenvalue weighted by atomic mass is 16.2. The molecule has 4 N–H and O–H groups in total. The minimum absolute atomic E-state index is 0.0305. The Bertz CT molecular complexity index is 571. The second-order valence-corrected chi connectivity index (χ2v) is 6.90. The zero-order valence-electron chi connectivity index (χ0n) is 14.2. The van der Waals surface area contributed by atoms with Crippen LogP contribution in [0.25, 0.3) is 0 Å². The molecule has 2 rings (SSSR count). The van der Waals surface area contributed by atoms with Gasteiger partial charge in [-0.05, 0) is 51.3 Å². The summed E-state index contributed by atoms with van der Waals surface area (Å²) in [6, 6.07) is 7.67. The van der Waals surface area contributed by atoms with E-state index in [0.717, 1.165) is 37.2 Å². The van der Waals surface area contributed by atoms with Crippen molar-refractivity contribution in [1.82, 2.24) is 10.2 Å². The van der Waals surface area contributed by atoms with E-state index in [0.29, 0.717) is 12.5 Å². The minimum Gasteiger partial charge on any atom is -0.370 e. The highest BCUT2D eigenvalue weighted by Gasteiger charge is 2.17. The van der Waals surface area contributed by atoms with Crippen molar-refractivity contribution >= 4 is 17.7 Å². The molecule has 0 aliphatic carbocycles. The standard InChI is InChI=1S/C17H27N5O/c1-17(2,3)21-15(18)19-12-13-7-6-8-14(11-13)20-16(23)22-9-4-5-10-22/h6-8,11H,4-5,9-10,12H2,1-3H3,(H,20,23)(H3,18,19,21). The average Bonchev–Trinajstić information content (AvgIpc) is 2.98. The van der Waals surface area contributed by atoms with Crippen LogP contribution in [0.1, 0.15) is 39.2 Å². The van der Waals surface area contributed by atoms with Crippen molar-refractivity contribution in [1.29, 1.82) is 0 Å². The van der Waals surface area contributed by atoms with Crippen molar-refractivity contribution in [2.75, 3.05) is 18.4 Å². The number of benzene rings is 1. The van der Waals surface area contributed by atoms with Gasteiger partial charge in [0, 0.05) is 24.3 Å². The van der Waals surface area contributed by atoms with Crippen molar-refractivity contribution in [2.24, 2.45) is 10.7 Å². The van der Waals surface area contributed by atoms with E-state index >= 15 is 0 Å². The van der Waals surface area contributed by atoms with Crippen LogP contribution >= 0.6 is 0 Å². The Morgan fingerprint density at radius 1 is 1.30 bits per heavy atom. The summed E-state index contributed by atoms with van der Waals surface area (Å²) in [6.07, 6.45) is 2.17. The van der Waals surface area contributed by atoms with Gasteiger partial charge in [0.1, 0.15) is 0 Å². The number of rotatable bonds is 3. The van der Waals surface area contributed by atoms with E-state index in [1.54, 1.807) is 0 Å². The van der Waals surface area contributed by atoms with Crippen molar-refractivity contribution < 1.29 is 4.79 Å². The molecular formula is C17H27N5O. The largest absolute Gasteiger partial charge is 0.370 e. The molecule has 0 bridgehead atoms. The molecule has 0 saturated carbocycles. The monoisotopic (exact) mass is 317 g/mol. The number of aliphatic imine (C=N–C) groups is 1. The van der Waals surface area contributed by atoms with Crippen LogP contribution in [-0.4, -0.2) is 35.5 Å². The molecule has 0 atom stereocenters. The van der Waals surface area contributed by atoms with E-state index in [-0.39, 0.29) is 11.6 Å². The molecule has 1 aromatic carbocycles. The molecule has 126 valence electrons. The van der Waals surface area contributed by atoms with E-state index in [9.17, 15) is 4.79 Å². The van der Waals surface area contributed by atoms with Crippen LogP contribution in [0.5, 0.6) is 0 Å². The topological polar surface area (TPSA) is 82.7 Å². The first-order valence-electron chi connectivity index (χ1n) is 8.06. The van der Waals surface area contributed by atoms with Crippen molar-refractivity contribution in [3.8, 4) is 0 Å². The summed E-state index contributed by atoms with van der Waals surface area (Å²) in [7, 11) is 0. The van der Waals surface area contributed by atoms with Crippen LogP contribution in [0.2, 0.25) is 0 Å². The molecule has 0 unspecified atom stereocenters. The Morgan fingerprint density at radius 2 is 2.00 bits per heavy atom. The lowest BCUT2D eigenvalue weighted by atomic mass is 10.1. The molecule has 1 aliphatic heterocycles. The van der Waals surface area contributed by atoms with Gasteiger partial charge in [0.15, 0.2) is 5.96 Å². The molecule has 6 nitrogen and oxygen atoms in total. The van der Waals surface area contributed by atoms with E-state index in [1.165, 1.54) is 0 Å². The number of nitrogens with one attached hydrogen (secondary N) is 2. The van der Waals surface area contributed by atoms with Crippen LogP contribution < -0.4 is 16.4 Å². The Labute approximate surface area is 138 Å². The van der Waals surface area contributed by atoms with Crippen molar-refractivity contribution in [3.63, 3.8) is 0 Å². The summed E-state index contributed by atoms with van der Waals surface area (Å²) in [5.41, 5.74) is 7.55. The fourth-order valence-corrected chi connectivity index (χ4v) is 2.47. The molecule has 0 aromatic heterocycles. The number of urea groups is 1. The summed E-state index contributed by atoms with van der Waals surface area (Å²) < 4.78 is 0. The maximum Gasteiger partial charge on any atom is 0.321 e. The van der Waals surface area contributed by atoms with E-state index < -0.39 is 0 Å². The fourth-order valence-electron chi connectivity index (χ4n) is 2.47. The van der Waals surface area contributed by atoms with E-state index in [1.807, 2.05) is 49.9 Å². The summed E-state index contributed by atoms with van der Waals surface area (Å²) >= 11 is 0. The highest BCUT2D eigenvalue weighted by Crippen LogP contribution is 2.14. The zero-order valence-corrected chi connectivity index (χ0v) is 14.2. The first-order valence-corrected chi connectivity index (χ1v) is 8.06. The first kappa shape index (κ1) is 17.1. The molecule has 1 fully saturated rings. The summed E-state index contributed by atoms with van der Waals surface area (Å²) in [4.78, 5) is 18.3. The van der Waals surface area contributed by atoms with Gasteiger partial charge in [0.25, 0.3) is 0 Å². The van der Waals surface area contributed by atoms with E-state index in [2.05, 4.69) is 15.6 Å². The third-order valence-electron chi connectivity index (χ3n) is 3.51. The van der Waals surface area contributed by atoms with Gasteiger partial charge in [-0.1, -0.05) is 12.1 Å². The second kappa shape index (κ2) is 7.35. The number of hydrogen-bond donors (Lipinski definition) is 3. The normalized spacial score (nSPS) is 15.6. The maximum atomic E-state index is 12.1. The zero-order chi connectivity index (χ0) is 16.9. The van der Waals surface area contributed by atoms with Crippen LogP contribution in [-0.2, 0) is 6.54 Å². The van der Waals surface area contributed by atoms with Crippen LogP contribution in [0.4, 0.5) is 10.5 Å². The van der Waals surface area contributed by atoms with Gasteiger partial charge < -0.3 is 21.3 Å². The first-order chi connectivity index (χ1) is 10.8. The lowest BCUT2D eigenvalue weighted by Gasteiger charge is -2.21. The number of amides is 2. The molecule has 23 heavy (non-hydrogen) atoms. The third-order valence-corrected chi connectivity index (χ3v) is 3.51. The Hall–Kier alpha value is -2.24. The molecule has 1 aliphatic rings. The van der Waals surface area contributed by atoms with Gasteiger partial charge in [0.05, 0.1) is 6.54 Å². The molecule has 2 amide bonds. The number of carbonyl (C=O) groups is 1. The van der Waals surface area contributed by atoms with Gasteiger partial charge in [0.2, 0.25) is 0 Å². The SMILES string of the molecule is CC(C)(C)NC(N)=NCc1cccc(NC(=O)N2CCCC2)c1. The predicted molar refractivity (Wildman–Crippen MR) is 94.5 cm³/mol. The van der Waals surface area contributed by atoms with Crippen molar-refractivity contribution in [2.45, 2.75) is 45.7 Å². The lowest BCUT2D eigenvalue weighted by molar-refractivity contribution is 0.222. The number of nitrogens with zero attached hydrogens (tertiary/aromatic N) is 2. The molecule has 6 heteroatoms. The predicted octanol–water partition coefficient (Wildman–Crippen LogP) is 2.52. The van der Waals surface area contributed by atoms with Gasteiger partial charge in [-0.3, -0.25) is 0 Å². The number of carbonyl (C=O) groups excluding carboxylic acids is 1. The lowest BCUT2D eigenvalue weighted by Crippen LogP contribution is -2.44. The van der Waals surface area contributed by atoms with E-state index in [4.69, 9.17) is 5.73 Å². The summed E-state index contributed by atoms with van der Waals surface area (Å²) in [5.74, 6) is 0.420. The van der Waals surface area contributed by atoms with Crippen molar-refractivity contribution in [3.05, 3.63) is 29.8 Å². The van der Waals surface area contributed by atoms with Crippen LogP contribution in [0.15, 0.2) is 29.3 Å². The molecule has 0 spiro atoms. The summed E-state index contributed by atoms with van der Waals surface area (Å²) in [5, 5.41) is 6.07. The summed E-state index contributed by atoms with van der Waals surface area (Å²) in [6.45, 7) is 8.25. The average molecular weight is 317 g/mol. The number of likely N-dealkylation sites (tertiary alicyclic amines) is 1.